The van der Waals surface area contributed by atoms with Gasteiger partial charge in [0.2, 0.25) is 5.91 Å². The van der Waals surface area contributed by atoms with Crippen LogP contribution in [0.4, 0.5) is 5.69 Å². The normalized spacial score (nSPS) is 17.7. The largest absolute Gasteiger partial charge is 0.505 e. The molecule has 1 aromatic rings. The molecule has 0 radical (unpaired) electrons. The topological polar surface area (TPSA) is 75.4 Å². The summed E-state index contributed by atoms with van der Waals surface area (Å²) in [6.07, 6.45) is 5.98. The number of aromatic hydroxyl groups is 1. The summed E-state index contributed by atoms with van der Waals surface area (Å²) in [4.78, 5) is 12.2. The monoisotopic (exact) mass is 340 g/mol. The van der Waals surface area contributed by atoms with Gasteiger partial charge in [0.1, 0.15) is 0 Å². The number of phenolic OH excluding ortho intramolecular Hbond substituents is 1. The molecule has 0 bridgehead atoms. The van der Waals surface area contributed by atoms with Gasteiger partial charge in [-0.2, -0.15) is 0 Å². The number of amides is 1. The fourth-order valence-electron chi connectivity index (χ4n) is 2.91. The van der Waals surface area contributed by atoms with Crippen molar-refractivity contribution >= 4 is 27.5 Å². The molecule has 4 N–H and O–H groups in total. The third-order valence-electron chi connectivity index (χ3n) is 4.14. The third kappa shape index (κ3) is 3.52. The molecule has 0 unspecified atom stereocenters. The average molecular weight is 341 g/mol. The van der Waals surface area contributed by atoms with E-state index in [0.29, 0.717) is 23.1 Å². The number of phenols is 1. The highest BCUT2D eigenvalue weighted by atomic mass is 79.9. The van der Waals surface area contributed by atoms with Crippen molar-refractivity contribution in [2.75, 3.05) is 11.9 Å². The molecule has 1 saturated carbocycles. The number of hydrogen-bond acceptors (Lipinski definition) is 3. The smallest absolute Gasteiger partial charge is 0.225 e. The molecule has 1 aromatic carbocycles. The van der Waals surface area contributed by atoms with Gasteiger partial charge >= 0.3 is 0 Å². The first-order valence-electron chi connectivity index (χ1n) is 7.04. The van der Waals surface area contributed by atoms with Gasteiger partial charge in [0.05, 0.1) is 10.2 Å². The van der Waals surface area contributed by atoms with Crippen LogP contribution in [0.1, 0.15) is 38.5 Å². The fraction of sp³-hybridized carbons (Fsp3) is 0.533. The van der Waals surface area contributed by atoms with Gasteiger partial charge in [-0.25, -0.2) is 0 Å². The number of para-hydroxylation sites is 1. The van der Waals surface area contributed by atoms with Gasteiger partial charge in [0.25, 0.3) is 0 Å². The summed E-state index contributed by atoms with van der Waals surface area (Å²) in [6, 6.07) is 5.19. The Kier molecular flexibility index (Phi) is 5.05. The summed E-state index contributed by atoms with van der Waals surface area (Å²) in [5.41, 5.74) is 6.27. The highest BCUT2D eigenvalue weighted by Gasteiger charge is 2.33. The zero-order valence-electron chi connectivity index (χ0n) is 11.5. The van der Waals surface area contributed by atoms with E-state index in [1.165, 1.54) is 6.42 Å². The Morgan fingerprint density at radius 2 is 2.05 bits per heavy atom. The average Bonchev–Trinajstić information content (AvgIpc) is 2.45. The molecule has 2 rings (SSSR count). The van der Waals surface area contributed by atoms with E-state index in [1.54, 1.807) is 18.2 Å². The molecule has 20 heavy (non-hydrogen) atoms. The molecule has 1 aliphatic rings. The van der Waals surface area contributed by atoms with Gasteiger partial charge in [-0.3, -0.25) is 4.79 Å². The first-order valence-corrected chi connectivity index (χ1v) is 7.83. The van der Waals surface area contributed by atoms with Crippen molar-refractivity contribution in [1.29, 1.82) is 0 Å². The van der Waals surface area contributed by atoms with Crippen LogP contribution >= 0.6 is 15.9 Å². The zero-order chi connectivity index (χ0) is 14.6. The second kappa shape index (κ2) is 6.59. The van der Waals surface area contributed by atoms with E-state index in [4.69, 9.17) is 5.73 Å². The van der Waals surface area contributed by atoms with Crippen molar-refractivity contribution < 1.29 is 9.90 Å². The lowest BCUT2D eigenvalue weighted by molar-refractivity contribution is -0.118. The van der Waals surface area contributed by atoms with Crippen LogP contribution in [0.25, 0.3) is 0 Å². The SMILES string of the molecule is NCC1(CC(=O)Nc2cccc(Br)c2O)CCCCC1. The number of carbonyl (C=O) groups is 1. The first kappa shape index (κ1) is 15.3. The standard InChI is InChI=1S/C15H21BrN2O2/c16-11-5-4-6-12(14(11)20)18-13(19)9-15(10-17)7-2-1-3-8-15/h4-6,20H,1-3,7-10,17H2,(H,18,19). The maximum absolute atomic E-state index is 12.2. The van der Waals surface area contributed by atoms with Crippen LogP contribution in [0.15, 0.2) is 22.7 Å². The molecular weight excluding hydrogens is 320 g/mol. The highest BCUT2D eigenvalue weighted by molar-refractivity contribution is 9.10. The Morgan fingerprint density at radius 3 is 2.70 bits per heavy atom. The highest BCUT2D eigenvalue weighted by Crippen LogP contribution is 2.39. The molecule has 1 aliphatic carbocycles. The Morgan fingerprint density at radius 1 is 1.35 bits per heavy atom. The van der Waals surface area contributed by atoms with Crippen LogP contribution in [0.3, 0.4) is 0 Å². The summed E-state index contributed by atoms with van der Waals surface area (Å²) >= 11 is 3.24. The number of carbonyl (C=O) groups excluding carboxylic acids is 1. The Bertz CT molecular complexity index is 485. The lowest BCUT2D eigenvalue weighted by Gasteiger charge is -2.35. The number of nitrogens with one attached hydrogen (secondary N) is 1. The second-order valence-electron chi connectivity index (χ2n) is 5.63. The number of anilines is 1. The predicted octanol–water partition coefficient (Wildman–Crippen LogP) is 3.39. The van der Waals surface area contributed by atoms with Gasteiger partial charge in [-0.15, -0.1) is 0 Å². The van der Waals surface area contributed by atoms with E-state index in [0.717, 1.165) is 25.7 Å². The van der Waals surface area contributed by atoms with Gasteiger partial charge in [0, 0.05) is 6.42 Å². The number of rotatable bonds is 4. The molecule has 0 spiro atoms. The number of nitrogens with two attached hydrogens (primary N) is 1. The minimum atomic E-state index is -0.0780. The van der Waals surface area contributed by atoms with Crippen LogP contribution in [0.5, 0.6) is 5.75 Å². The maximum atomic E-state index is 12.2. The van der Waals surface area contributed by atoms with Gasteiger partial charge < -0.3 is 16.2 Å². The van der Waals surface area contributed by atoms with Crippen molar-refractivity contribution in [2.45, 2.75) is 38.5 Å². The van der Waals surface area contributed by atoms with Crippen LogP contribution in [-0.2, 0) is 4.79 Å². The molecule has 0 saturated heterocycles. The van der Waals surface area contributed by atoms with Crippen molar-refractivity contribution in [3.63, 3.8) is 0 Å². The van der Waals surface area contributed by atoms with Crippen LogP contribution in [0.2, 0.25) is 0 Å². The Labute approximate surface area is 127 Å². The summed E-state index contributed by atoms with van der Waals surface area (Å²) in [7, 11) is 0. The molecule has 110 valence electrons. The van der Waals surface area contributed by atoms with Crippen LogP contribution in [0, 0.1) is 5.41 Å². The van der Waals surface area contributed by atoms with Crippen molar-refractivity contribution in [2.24, 2.45) is 11.1 Å². The third-order valence-corrected chi connectivity index (χ3v) is 4.78. The summed E-state index contributed by atoms with van der Waals surface area (Å²) in [5.74, 6) is -0.0166. The second-order valence-corrected chi connectivity index (χ2v) is 6.48. The number of halogens is 1. The van der Waals surface area contributed by atoms with Gasteiger partial charge in [-0.1, -0.05) is 25.3 Å². The van der Waals surface area contributed by atoms with Crippen LogP contribution < -0.4 is 11.1 Å². The fourth-order valence-corrected chi connectivity index (χ4v) is 3.27. The van der Waals surface area contributed by atoms with E-state index in [2.05, 4.69) is 21.2 Å². The lowest BCUT2D eigenvalue weighted by Crippen LogP contribution is -2.36. The minimum Gasteiger partial charge on any atom is -0.505 e. The van der Waals surface area contributed by atoms with Crippen LogP contribution in [-0.4, -0.2) is 17.6 Å². The van der Waals surface area contributed by atoms with E-state index in [-0.39, 0.29) is 17.1 Å². The van der Waals surface area contributed by atoms with E-state index in [1.807, 2.05) is 0 Å². The van der Waals surface area contributed by atoms with Crippen molar-refractivity contribution in [1.82, 2.24) is 0 Å². The number of hydrogen-bond donors (Lipinski definition) is 3. The van der Waals surface area contributed by atoms with E-state index < -0.39 is 0 Å². The molecule has 0 aromatic heterocycles. The molecule has 1 fully saturated rings. The molecule has 0 aliphatic heterocycles. The predicted molar refractivity (Wildman–Crippen MR) is 83.6 cm³/mol. The minimum absolute atomic E-state index is 0.0614. The lowest BCUT2D eigenvalue weighted by atomic mass is 9.71. The van der Waals surface area contributed by atoms with E-state index in [9.17, 15) is 9.90 Å². The Hall–Kier alpha value is -1.07. The molecule has 0 atom stereocenters. The summed E-state index contributed by atoms with van der Waals surface area (Å²) in [6.45, 7) is 0.547. The van der Waals surface area contributed by atoms with Gasteiger partial charge in [0.15, 0.2) is 5.75 Å². The van der Waals surface area contributed by atoms with Crippen molar-refractivity contribution in [3.8, 4) is 5.75 Å². The Balaban J connectivity index is 2.03. The van der Waals surface area contributed by atoms with Crippen molar-refractivity contribution in [3.05, 3.63) is 22.7 Å². The molecule has 1 amide bonds. The summed E-state index contributed by atoms with van der Waals surface area (Å²) < 4.78 is 0.571. The van der Waals surface area contributed by atoms with Gasteiger partial charge in [-0.05, 0) is 52.9 Å². The van der Waals surface area contributed by atoms with E-state index >= 15 is 0 Å². The zero-order valence-corrected chi connectivity index (χ0v) is 13.1. The quantitative estimate of drug-likeness (QED) is 0.735. The molecule has 4 nitrogen and oxygen atoms in total. The summed E-state index contributed by atoms with van der Waals surface area (Å²) in [5, 5.41) is 12.7. The first-order chi connectivity index (χ1) is 9.56. The number of benzene rings is 1. The maximum Gasteiger partial charge on any atom is 0.225 e. The molecule has 0 heterocycles. The molecular formula is C15H21BrN2O2. The molecule has 5 heteroatoms.